The number of benzene rings is 1. The van der Waals surface area contributed by atoms with Gasteiger partial charge in [-0.2, -0.15) is 0 Å². The zero-order chi connectivity index (χ0) is 22.8. The number of carbonyl (C=O) groups excluding carboxylic acids is 1. The molecule has 1 fully saturated rings. The van der Waals surface area contributed by atoms with Gasteiger partial charge in [0.05, 0.1) is 23.2 Å². The number of aryl methyl sites for hydroxylation is 1. The summed E-state index contributed by atoms with van der Waals surface area (Å²) in [5, 5.41) is 2.98. The maximum absolute atomic E-state index is 12.8. The molecule has 7 nitrogen and oxygen atoms in total. The van der Waals surface area contributed by atoms with Gasteiger partial charge in [-0.1, -0.05) is 6.07 Å². The Morgan fingerprint density at radius 1 is 1.12 bits per heavy atom. The van der Waals surface area contributed by atoms with Crippen molar-refractivity contribution < 1.29 is 14.3 Å². The van der Waals surface area contributed by atoms with E-state index in [2.05, 4.69) is 17.2 Å². The molecule has 0 spiro atoms. The van der Waals surface area contributed by atoms with Gasteiger partial charge in [-0.05, 0) is 68.3 Å². The van der Waals surface area contributed by atoms with Crippen molar-refractivity contribution in [2.45, 2.75) is 38.4 Å². The lowest BCUT2D eigenvalue weighted by Gasteiger charge is -2.33. The number of methoxy groups -OCH3 is 1. The number of nitrogens with one attached hydrogen (secondary N) is 1. The fraction of sp³-hybridized carbons (Fsp3) is 0.269. The normalized spacial score (nSPS) is 17.5. The zero-order valence-electron chi connectivity index (χ0n) is 18.7. The molecule has 1 aliphatic rings. The number of hydrogen-bond donors (Lipinski definition) is 1. The van der Waals surface area contributed by atoms with E-state index < -0.39 is 0 Å². The quantitative estimate of drug-likeness (QED) is 0.446. The Labute approximate surface area is 192 Å². The van der Waals surface area contributed by atoms with E-state index in [1.54, 1.807) is 37.6 Å². The van der Waals surface area contributed by atoms with E-state index in [0.29, 0.717) is 29.9 Å². The van der Waals surface area contributed by atoms with Gasteiger partial charge < -0.3 is 19.2 Å². The Morgan fingerprint density at radius 2 is 1.94 bits per heavy atom. The molecule has 33 heavy (non-hydrogen) atoms. The minimum Gasteiger partial charge on any atom is -0.487 e. The van der Waals surface area contributed by atoms with Gasteiger partial charge in [-0.25, -0.2) is 4.98 Å². The molecular weight excluding hydrogens is 416 g/mol. The van der Waals surface area contributed by atoms with E-state index in [1.165, 1.54) is 0 Å². The van der Waals surface area contributed by atoms with E-state index >= 15 is 0 Å². The van der Waals surface area contributed by atoms with Crippen LogP contribution < -0.4 is 10.1 Å². The SMILES string of the molecule is CO[C@H]1C[C@H](c2nc3ccc(NC(=O)c4ccc(OCc5ccccn5)cc4)cn3c2C)C1. The summed E-state index contributed by atoms with van der Waals surface area (Å²) in [6.07, 6.45) is 6.01. The standard InChI is InChI=1S/C26H26N4O3/c1-17-25(19-13-23(14-19)32-2)29-24-11-8-20(15-30(17)24)28-26(31)18-6-9-22(10-7-18)33-16-21-5-3-4-12-27-21/h3-12,15,19,23H,13-14,16H2,1-2H3,(H,28,31)/t19-,23-. The topological polar surface area (TPSA) is 77.8 Å². The van der Waals surface area contributed by atoms with Crippen LogP contribution in [0.3, 0.4) is 0 Å². The summed E-state index contributed by atoms with van der Waals surface area (Å²) >= 11 is 0. The summed E-state index contributed by atoms with van der Waals surface area (Å²) in [6.45, 7) is 2.45. The van der Waals surface area contributed by atoms with Gasteiger partial charge >= 0.3 is 0 Å². The van der Waals surface area contributed by atoms with Crippen LogP contribution in [0.1, 0.15) is 46.2 Å². The van der Waals surface area contributed by atoms with Gasteiger partial charge in [-0.15, -0.1) is 0 Å². The molecule has 7 heteroatoms. The Bertz CT molecular complexity index is 1260. The smallest absolute Gasteiger partial charge is 0.255 e. The summed E-state index contributed by atoms with van der Waals surface area (Å²) < 4.78 is 13.2. The number of ether oxygens (including phenoxy) is 2. The summed E-state index contributed by atoms with van der Waals surface area (Å²) in [6, 6.07) is 16.6. The molecule has 168 valence electrons. The Hall–Kier alpha value is -3.71. The molecule has 0 aliphatic heterocycles. The van der Waals surface area contributed by atoms with Crippen LogP contribution in [0.4, 0.5) is 5.69 Å². The third-order valence-electron chi connectivity index (χ3n) is 6.20. The summed E-state index contributed by atoms with van der Waals surface area (Å²) in [5.74, 6) is 0.948. The number of nitrogens with zero attached hydrogens (tertiary/aromatic N) is 3. The number of hydrogen-bond acceptors (Lipinski definition) is 5. The second-order valence-electron chi connectivity index (χ2n) is 8.34. The molecule has 1 amide bonds. The molecule has 0 radical (unpaired) electrons. The summed E-state index contributed by atoms with van der Waals surface area (Å²) in [4.78, 5) is 21.8. The van der Waals surface area contributed by atoms with Gasteiger partial charge in [0.2, 0.25) is 0 Å². The van der Waals surface area contributed by atoms with Crippen molar-refractivity contribution in [3.8, 4) is 5.75 Å². The number of anilines is 1. The zero-order valence-corrected chi connectivity index (χ0v) is 18.7. The lowest BCUT2D eigenvalue weighted by molar-refractivity contribution is 0.0247. The number of imidazole rings is 1. The molecule has 4 aromatic rings. The third kappa shape index (κ3) is 4.45. The fourth-order valence-electron chi connectivity index (χ4n) is 4.17. The van der Waals surface area contributed by atoms with Crippen molar-refractivity contribution >= 4 is 17.2 Å². The first-order chi connectivity index (χ1) is 16.1. The largest absolute Gasteiger partial charge is 0.487 e. The number of carbonyl (C=O) groups is 1. The van der Waals surface area contributed by atoms with Gasteiger partial charge in [0.15, 0.2) is 0 Å². The second-order valence-corrected chi connectivity index (χ2v) is 8.34. The van der Waals surface area contributed by atoms with Crippen LogP contribution in [0.25, 0.3) is 5.65 Å². The van der Waals surface area contributed by atoms with E-state index in [0.717, 1.165) is 41.3 Å². The van der Waals surface area contributed by atoms with Crippen LogP contribution in [0, 0.1) is 6.92 Å². The second kappa shape index (κ2) is 9.03. The summed E-state index contributed by atoms with van der Waals surface area (Å²) in [5.41, 5.74) is 5.24. The number of pyridine rings is 2. The Kier molecular flexibility index (Phi) is 5.79. The van der Waals surface area contributed by atoms with Crippen molar-refractivity contribution in [1.29, 1.82) is 0 Å². The predicted octanol–water partition coefficient (Wildman–Crippen LogP) is 4.76. The van der Waals surface area contributed by atoms with Gasteiger partial charge in [-0.3, -0.25) is 9.78 Å². The number of rotatable bonds is 7. The van der Waals surface area contributed by atoms with Crippen LogP contribution in [-0.2, 0) is 11.3 Å². The molecule has 0 bridgehead atoms. The molecule has 0 saturated heterocycles. The number of amides is 1. The van der Waals surface area contributed by atoms with Gasteiger partial charge in [0, 0.05) is 36.7 Å². The highest BCUT2D eigenvalue weighted by Gasteiger charge is 2.33. The van der Waals surface area contributed by atoms with Crippen molar-refractivity contribution in [3.63, 3.8) is 0 Å². The highest BCUT2D eigenvalue weighted by atomic mass is 16.5. The Balaban J connectivity index is 1.24. The molecule has 3 aromatic heterocycles. The maximum atomic E-state index is 12.8. The first-order valence-corrected chi connectivity index (χ1v) is 11.1. The molecule has 0 unspecified atom stereocenters. The van der Waals surface area contributed by atoms with E-state index in [4.69, 9.17) is 14.5 Å². The monoisotopic (exact) mass is 442 g/mol. The highest BCUT2D eigenvalue weighted by molar-refractivity contribution is 6.04. The average molecular weight is 443 g/mol. The number of fused-ring (bicyclic) bond motifs is 1. The van der Waals surface area contributed by atoms with E-state index in [9.17, 15) is 4.79 Å². The maximum Gasteiger partial charge on any atom is 0.255 e. The van der Waals surface area contributed by atoms with E-state index in [1.807, 2.05) is 40.9 Å². The molecule has 1 saturated carbocycles. The molecule has 0 atom stereocenters. The third-order valence-corrected chi connectivity index (χ3v) is 6.20. The van der Waals surface area contributed by atoms with Crippen molar-refractivity contribution in [2.24, 2.45) is 0 Å². The van der Waals surface area contributed by atoms with Crippen molar-refractivity contribution in [3.05, 3.63) is 89.6 Å². The minimum absolute atomic E-state index is 0.175. The average Bonchev–Trinajstić information content (AvgIpc) is 3.13. The number of aromatic nitrogens is 3. The minimum atomic E-state index is -0.175. The van der Waals surface area contributed by atoms with Crippen LogP contribution in [0.2, 0.25) is 0 Å². The molecule has 1 aromatic carbocycles. The highest BCUT2D eigenvalue weighted by Crippen LogP contribution is 2.39. The lowest BCUT2D eigenvalue weighted by atomic mass is 9.79. The molecule has 3 heterocycles. The van der Waals surface area contributed by atoms with Gasteiger partial charge in [0.25, 0.3) is 5.91 Å². The van der Waals surface area contributed by atoms with Gasteiger partial charge in [0.1, 0.15) is 18.0 Å². The van der Waals surface area contributed by atoms with Crippen LogP contribution in [-0.4, -0.2) is 33.5 Å². The van der Waals surface area contributed by atoms with Crippen molar-refractivity contribution in [1.82, 2.24) is 14.4 Å². The van der Waals surface area contributed by atoms with E-state index in [-0.39, 0.29) is 5.91 Å². The Morgan fingerprint density at radius 3 is 2.67 bits per heavy atom. The first-order valence-electron chi connectivity index (χ1n) is 11.1. The van der Waals surface area contributed by atoms with Crippen molar-refractivity contribution in [2.75, 3.05) is 12.4 Å². The fourth-order valence-corrected chi connectivity index (χ4v) is 4.17. The molecule has 1 aliphatic carbocycles. The molecule has 5 rings (SSSR count). The summed E-state index contributed by atoms with van der Waals surface area (Å²) in [7, 11) is 1.76. The van der Waals surface area contributed by atoms with Crippen LogP contribution in [0.15, 0.2) is 67.0 Å². The van der Waals surface area contributed by atoms with Crippen LogP contribution >= 0.6 is 0 Å². The predicted molar refractivity (Wildman–Crippen MR) is 126 cm³/mol. The lowest BCUT2D eigenvalue weighted by Crippen LogP contribution is -2.29. The first kappa shape index (κ1) is 21.2. The molecule has 1 N–H and O–H groups in total. The molecular formula is C26H26N4O3. The van der Waals surface area contributed by atoms with Crippen LogP contribution in [0.5, 0.6) is 5.75 Å².